The topological polar surface area (TPSA) is 87.3 Å². The predicted molar refractivity (Wildman–Crippen MR) is 112 cm³/mol. The second-order valence-electron chi connectivity index (χ2n) is 6.85. The zero-order valence-corrected chi connectivity index (χ0v) is 18.2. The molecule has 0 spiro atoms. The van der Waals surface area contributed by atoms with Gasteiger partial charge in [-0.2, -0.15) is 8.78 Å². The molecule has 176 valence electrons. The van der Waals surface area contributed by atoms with Crippen molar-refractivity contribution in [2.75, 3.05) is 16.0 Å². The van der Waals surface area contributed by atoms with Gasteiger partial charge >= 0.3 is 6.43 Å². The number of anilines is 3. The summed E-state index contributed by atoms with van der Waals surface area (Å²) in [5.74, 6) is -8.64. The number of hydrogen-bond acceptors (Lipinski definition) is 3. The van der Waals surface area contributed by atoms with Crippen LogP contribution >= 0.6 is 34.8 Å². The Kier molecular flexibility index (Phi) is 7.06. The van der Waals surface area contributed by atoms with Crippen LogP contribution in [0, 0.1) is 23.4 Å². The first-order valence-corrected chi connectivity index (χ1v) is 10.0. The molecule has 3 N–H and O–H groups in total. The lowest BCUT2D eigenvalue weighted by atomic mass is 10.1. The number of alkyl halides is 4. The minimum atomic E-state index is -3.56. The van der Waals surface area contributed by atoms with Gasteiger partial charge in [0.15, 0.2) is 5.82 Å². The minimum absolute atomic E-state index is 0.166. The highest BCUT2D eigenvalue weighted by Gasteiger charge is 2.56. The number of nitrogens with one attached hydrogen (secondary N) is 3. The number of benzene rings is 2. The molecule has 0 radical (unpaired) electrons. The number of rotatable bonds is 6. The predicted octanol–water partition coefficient (Wildman–Crippen LogP) is 5.35. The molecule has 14 heteroatoms. The average molecular weight is 531 g/mol. The molecule has 1 aliphatic rings. The van der Waals surface area contributed by atoms with Crippen LogP contribution in [-0.2, 0) is 9.59 Å². The summed E-state index contributed by atoms with van der Waals surface area (Å²) in [5, 5.41) is 4.96. The van der Waals surface area contributed by atoms with Crippen LogP contribution in [0.1, 0.15) is 16.8 Å². The monoisotopic (exact) mass is 529 g/mol. The van der Waals surface area contributed by atoms with Crippen LogP contribution in [0.25, 0.3) is 0 Å². The van der Waals surface area contributed by atoms with Crippen LogP contribution < -0.4 is 16.0 Å². The Labute approximate surface area is 197 Å². The van der Waals surface area contributed by atoms with E-state index in [2.05, 4.69) is 5.32 Å². The molecule has 1 atom stereocenters. The fraction of sp³-hybridized carbons (Fsp3) is 0.211. The van der Waals surface area contributed by atoms with Gasteiger partial charge in [-0.25, -0.2) is 13.2 Å². The third-order valence-corrected chi connectivity index (χ3v) is 5.69. The van der Waals surface area contributed by atoms with E-state index >= 15 is 0 Å². The number of amides is 3. The Morgan fingerprint density at radius 3 is 2.21 bits per heavy atom. The van der Waals surface area contributed by atoms with E-state index in [-0.39, 0.29) is 12.1 Å². The Hall–Kier alpha value is -2.63. The molecule has 2 aromatic carbocycles. The third kappa shape index (κ3) is 5.48. The lowest BCUT2D eigenvalue weighted by Gasteiger charge is -2.13. The number of halogens is 8. The van der Waals surface area contributed by atoms with Crippen molar-refractivity contribution in [2.24, 2.45) is 5.92 Å². The number of hydrogen-bond donors (Lipinski definition) is 3. The SMILES string of the molecule is O=C(Nc1ccc(F)c(NC(=O)C(F)F)c1F)c1cc(NC(=O)C2CC2(Cl)Cl)cc(F)c1Cl. The quantitative estimate of drug-likeness (QED) is 0.348. The number of carbonyl (C=O) groups is 3. The lowest BCUT2D eigenvalue weighted by molar-refractivity contribution is -0.126. The minimum Gasteiger partial charge on any atom is -0.326 e. The Morgan fingerprint density at radius 1 is 1.00 bits per heavy atom. The van der Waals surface area contributed by atoms with Gasteiger partial charge in [-0.1, -0.05) is 11.6 Å². The Balaban J connectivity index is 1.85. The van der Waals surface area contributed by atoms with E-state index in [1.165, 1.54) is 5.32 Å². The van der Waals surface area contributed by atoms with Crippen LogP contribution in [0.15, 0.2) is 24.3 Å². The molecule has 0 heterocycles. The largest absolute Gasteiger partial charge is 0.326 e. The summed E-state index contributed by atoms with van der Waals surface area (Å²) in [5.41, 5.74) is -2.70. The van der Waals surface area contributed by atoms with Crippen molar-refractivity contribution in [1.29, 1.82) is 0 Å². The van der Waals surface area contributed by atoms with E-state index in [0.717, 1.165) is 18.2 Å². The summed E-state index contributed by atoms with van der Waals surface area (Å²) in [4.78, 5) is 35.7. The average Bonchev–Trinajstić information content (AvgIpc) is 3.37. The van der Waals surface area contributed by atoms with Crippen LogP contribution in [-0.4, -0.2) is 28.5 Å². The van der Waals surface area contributed by atoms with Crippen molar-refractivity contribution in [1.82, 2.24) is 0 Å². The maximum atomic E-state index is 14.5. The Morgan fingerprint density at radius 2 is 1.64 bits per heavy atom. The second kappa shape index (κ2) is 9.32. The maximum absolute atomic E-state index is 14.5. The van der Waals surface area contributed by atoms with E-state index in [1.807, 2.05) is 5.32 Å². The molecular weight excluding hydrogens is 520 g/mol. The standard InChI is InChI=1S/C19H11Cl3F5N3O3/c20-12-7(3-6(4-10(12)24)28-17(32)8-5-19(8,21)22)16(31)29-11-2-1-9(23)14(13(11)25)30-18(33)15(26)27/h1-4,8,15H,5H2,(H,28,32)(H,29,31)(H,30,33). The van der Waals surface area contributed by atoms with Gasteiger partial charge in [-0.15, -0.1) is 23.2 Å². The first-order valence-electron chi connectivity index (χ1n) is 8.88. The van der Waals surface area contributed by atoms with Gasteiger partial charge in [0, 0.05) is 5.69 Å². The summed E-state index contributed by atoms with van der Waals surface area (Å²) in [6.45, 7) is 0. The normalized spacial score (nSPS) is 16.3. The van der Waals surface area contributed by atoms with Crippen molar-refractivity contribution >= 4 is 69.6 Å². The highest BCUT2D eigenvalue weighted by atomic mass is 35.5. The molecule has 1 unspecified atom stereocenters. The molecule has 0 saturated heterocycles. The van der Waals surface area contributed by atoms with Gasteiger partial charge in [0.05, 0.1) is 22.2 Å². The van der Waals surface area contributed by atoms with Gasteiger partial charge in [0.25, 0.3) is 11.8 Å². The zero-order chi connectivity index (χ0) is 24.7. The molecule has 3 amide bonds. The number of carbonyl (C=O) groups excluding carboxylic acids is 3. The molecule has 6 nitrogen and oxygen atoms in total. The molecule has 2 aromatic rings. The van der Waals surface area contributed by atoms with Gasteiger partial charge in [0.2, 0.25) is 5.91 Å². The lowest BCUT2D eigenvalue weighted by Crippen LogP contribution is -2.22. The fourth-order valence-electron chi connectivity index (χ4n) is 2.68. The van der Waals surface area contributed by atoms with Gasteiger partial charge < -0.3 is 16.0 Å². The summed E-state index contributed by atoms with van der Waals surface area (Å²) >= 11 is 17.4. The van der Waals surface area contributed by atoms with E-state index in [1.54, 1.807) is 0 Å². The van der Waals surface area contributed by atoms with Crippen molar-refractivity contribution in [3.8, 4) is 0 Å². The van der Waals surface area contributed by atoms with E-state index in [0.29, 0.717) is 6.07 Å². The first kappa shape index (κ1) is 25.0. The molecule has 0 bridgehead atoms. The highest BCUT2D eigenvalue weighted by molar-refractivity contribution is 6.52. The molecule has 3 rings (SSSR count). The fourth-order valence-corrected chi connectivity index (χ4v) is 3.39. The smallest absolute Gasteiger partial charge is 0.315 e. The van der Waals surface area contributed by atoms with Crippen LogP contribution in [0.3, 0.4) is 0 Å². The summed E-state index contributed by atoms with van der Waals surface area (Å²) in [6, 6.07) is 3.13. The molecule has 1 fully saturated rings. The van der Waals surface area contributed by atoms with Crippen molar-refractivity contribution < 1.29 is 36.3 Å². The second-order valence-corrected chi connectivity index (χ2v) is 8.77. The molecule has 0 aliphatic heterocycles. The van der Waals surface area contributed by atoms with E-state index in [4.69, 9.17) is 34.8 Å². The molecule has 1 saturated carbocycles. The summed E-state index contributed by atoms with van der Waals surface area (Å²) < 4.78 is 66.1. The maximum Gasteiger partial charge on any atom is 0.315 e. The Bertz CT molecular complexity index is 1160. The van der Waals surface area contributed by atoms with Gasteiger partial charge in [-0.3, -0.25) is 14.4 Å². The van der Waals surface area contributed by atoms with Crippen molar-refractivity contribution in [3.05, 3.63) is 52.3 Å². The highest BCUT2D eigenvalue weighted by Crippen LogP contribution is 2.53. The molecule has 0 aromatic heterocycles. The molecular formula is C19H11Cl3F5N3O3. The van der Waals surface area contributed by atoms with Crippen molar-refractivity contribution in [3.63, 3.8) is 0 Å². The molecule has 1 aliphatic carbocycles. The van der Waals surface area contributed by atoms with Crippen molar-refractivity contribution in [2.45, 2.75) is 17.2 Å². The van der Waals surface area contributed by atoms with Crippen LogP contribution in [0.2, 0.25) is 5.02 Å². The van der Waals surface area contributed by atoms with E-state index in [9.17, 15) is 36.3 Å². The first-order chi connectivity index (χ1) is 15.3. The molecule has 33 heavy (non-hydrogen) atoms. The van der Waals surface area contributed by atoms with Crippen LogP contribution in [0.5, 0.6) is 0 Å². The van der Waals surface area contributed by atoms with Crippen LogP contribution in [0.4, 0.5) is 39.0 Å². The summed E-state index contributed by atoms with van der Waals surface area (Å²) in [6.07, 6.45) is -3.39. The van der Waals surface area contributed by atoms with Gasteiger partial charge in [-0.05, 0) is 30.7 Å². The zero-order valence-electron chi connectivity index (χ0n) is 15.9. The third-order valence-electron chi connectivity index (χ3n) is 4.47. The summed E-state index contributed by atoms with van der Waals surface area (Å²) in [7, 11) is 0. The van der Waals surface area contributed by atoms with E-state index < -0.39 is 73.8 Å². The van der Waals surface area contributed by atoms with Gasteiger partial charge in [0.1, 0.15) is 21.7 Å².